The fourth-order valence-electron chi connectivity index (χ4n) is 4.77. The third-order valence-electron chi connectivity index (χ3n) is 6.71. The molecule has 0 radical (unpaired) electrons. The average Bonchev–Trinajstić information content (AvgIpc) is 2.88. The highest BCUT2D eigenvalue weighted by Crippen LogP contribution is 2.32. The number of nitrogens with zero attached hydrogens (tertiary/aromatic N) is 2. The second-order valence-electron chi connectivity index (χ2n) is 9.43. The van der Waals surface area contributed by atoms with Crippen molar-refractivity contribution in [1.82, 2.24) is 9.80 Å². The van der Waals surface area contributed by atoms with Crippen LogP contribution in [0.4, 0.5) is 28.0 Å². The third kappa shape index (κ3) is 7.79. The van der Waals surface area contributed by atoms with E-state index in [1.807, 2.05) is 48.5 Å². The fraction of sp³-hybridized carbons (Fsp3) is 0.345. The molecular formula is C29H31F4N3O. The molecule has 3 aromatic rings. The van der Waals surface area contributed by atoms with Gasteiger partial charge in [0.2, 0.25) is 0 Å². The molecule has 3 aromatic carbocycles. The SMILES string of the molecule is O=C(Nc1cc(F)cc(C(F)(F)F)c1)N(Cc1ccccc1)C1CCN(CCCc2ccccc2)CC1. The van der Waals surface area contributed by atoms with Crippen LogP contribution in [0, 0.1) is 5.82 Å². The highest BCUT2D eigenvalue weighted by atomic mass is 19.4. The Morgan fingerprint density at radius 2 is 1.54 bits per heavy atom. The molecular weight excluding hydrogens is 482 g/mol. The van der Waals surface area contributed by atoms with Gasteiger partial charge in [-0.15, -0.1) is 0 Å². The lowest BCUT2D eigenvalue weighted by molar-refractivity contribution is -0.137. The number of hydrogen-bond donors (Lipinski definition) is 1. The lowest BCUT2D eigenvalue weighted by Crippen LogP contribution is -2.48. The van der Waals surface area contributed by atoms with Gasteiger partial charge in [-0.3, -0.25) is 0 Å². The number of carbonyl (C=O) groups is 1. The number of anilines is 1. The van der Waals surface area contributed by atoms with Crippen LogP contribution in [-0.4, -0.2) is 41.5 Å². The number of rotatable bonds is 8. The summed E-state index contributed by atoms with van der Waals surface area (Å²) in [4.78, 5) is 17.3. The van der Waals surface area contributed by atoms with Crippen LogP contribution in [0.2, 0.25) is 0 Å². The minimum absolute atomic E-state index is 0.0822. The van der Waals surface area contributed by atoms with Crippen molar-refractivity contribution in [3.63, 3.8) is 0 Å². The van der Waals surface area contributed by atoms with Crippen LogP contribution in [0.15, 0.2) is 78.9 Å². The number of halogens is 4. The third-order valence-corrected chi connectivity index (χ3v) is 6.71. The fourth-order valence-corrected chi connectivity index (χ4v) is 4.77. The van der Waals surface area contributed by atoms with E-state index in [0.29, 0.717) is 12.6 Å². The van der Waals surface area contributed by atoms with Crippen LogP contribution in [0.3, 0.4) is 0 Å². The van der Waals surface area contributed by atoms with Gasteiger partial charge in [-0.1, -0.05) is 60.7 Å². The van der Waals surface area contributed by atoms with Gasteiger partial charge in [0.25, 0.3) is 0 Å². The van der Waals surface area contributed by atoms with Crippen LogP contribution in [-0.2, 0) is 19.1 Å². The molecule has 0 saturated carbocycles. The topological polar surface area (TPSA) is 35.6 Å². The van der Waals surface area contributed by atoms with Crippen molar-refractivity contribution in [2.24, 2.45) is 0 Å². The molecule has 8 heteroatoms. The van der Waals surface area contributed by atoms with Crippen LogP contribution >= 0.6 is 0 Å². The number of urea groups is 1. The Hall–Kier alpha value is -3.39. The molecule has 0 aliphatic carbocycles. The van der Waals surface area contributed by atoms with Crippen molar-refractivity contribution in [2.45, 2.75) is 44.4 Å². The quantitative estimate of drug-likeness (QED) is 0.330. The summed E-state index contributed by atoms with van der Waals surface area (Å²) in [5, 5.41) is 2.51. The Kier molecular flexibility index (Phi) is 8.82. The van der Waals surface area contributed by atoms with Gasteiger partial charge >= 0.3 is 12.2 Å². The first-order chi connectivity index (χ1) is 17.8. The number of carbonyl (C=O) groups excluding carboxylic acids is 1. The molecule has 0 aromatic heterocycles. The minimum atomic E-state index is -4.71. The van der Waals surface area contributed by atoms with Crippen LogP contribution < -0.4 is 5.32 Å². The number of benzene rings is 3. The Morgan fingerprint density at radius 3 is 2.16 bits per heavy atom. The molecule has 0 spiro atoms. The summed E-state index contributed by atoms with van der Waals surface area (Å²) in [6.45, 7) is 2.94. The molecule has 0 atom stereocenters. The highest BCUT2D eigenvalue weighted by molar-refractivity contribution is 5.89. The van der Waals surface area contributed by atoms with Gasteiger partial charge in [-0.05, 0) is 61.6 Å². The molecule has 4 nitrogen and oxygen atoms in total. The van der Waals surface area contributed by atoms with E-state index in [1.165, 1.54) is 5.56 Å². The van der Waals surface area contributed by atoms with Crippen molar-refractivity contribution < 1.29 is 22.4 Å². The lowest BCUT2D eigenvalue weighted by Gasteiger charge is -2.38. The summed E-state index contributed by atoms with van der Waals surface area (Å²) in [7, 11) is 0. The van der Waals surface area contributed by atoms with E-state index in [2.05, 4.69) is 22.3 Å². The largest absolute Gasteiger partial charge is 0.416 e. The molecule has 0 unspecified atom stereocenters. The number of hydrogen-bond acceptors (Lipinski definition) is 2. The Morgan fingerprint density at radius 1 is 0.919 bits per heavy atom. The number of nitrogens with one attached hydrogen (secondary N) is 1. The molecule has 4 rings (SSSR count). The van der Waals surface area contributed by atoms with E-state index in [9.17, 15) is 22.4 Å². The average molecular weight is 514 g/mol. The molecule has 1 N–H and O–H groups in total. The van der Waals surface area contributed by atoms with Crippen molar-refractivity contribution in [3.05, 3.63) is 101 Å². The molecule has 1 aliphatic rings. The number of amides is 2. The van der Waals surface area contributed by atoms with Crippen molar-refractivity contribution >= 4 is 11.7 Å². The smallest absolute Gasteiger partial charge is 0.317 e. The number of likely N-dealkylation sites (tertiary alicyclic amines) is 1. The summed E-state index contributed by atoms with van der Waals surface area (Å²) >= 11 is 0. The highest BCUT2D eigenvalue weighted by Gasteiger charge is 2.32. The Bertz CT molecular complexity index is 1150. The van der Waals surface area contributed by atoms with Crippen LogP contribution in [0.5, 0.6) is 0 Å². The number of alkyl halides is 3. The molecule has 2 amide bonds. The number of aryl methyl sites for hydroxylation is 1. The summed E-state index contributed by atoms with van der Waals surface area (Å²) < 4.78 is 53.3. The molecule has 1 fully saturated rings. The predicted octanol–water partition coefficient (Wildman–Crippen LogP) is 6.98. The number of piperidine rings is 1. The lowest BCUT2D eigenvalue weighted by atomic mass is 10.0. The zero-order chi connectivity index (χ0) is 26.3. The van der Waals surface area contributed by atoms with Crippen molar-refractivity contribution in [3.8, 4) is 0 Å². The summed E-state index contributed by atoms with van der Waals surface area (Å²) in [6, 6.07) is 21.3. The van der Waals surface area contributed by atoms with Gasteiger partial charge in [0.15, 0.2) is 0 Å². The molecule has 37 heavy (non-hydrogen) atoms. The summed E-state index contributed by atoms with van der Waals surface area (Å²) in [6.07, 6.45) is -1.15. The first-order valence-corrected chi connectivity index (χ1v) is 12.5. The van der Waals surface area contributed by atoms with Crippen LogP contribution in [0.1, 0.15) is 36.0 Å². The van der Waals surface area contributed by atoms with Gasteiger partial charge < -0.3 is 15.1 Å². The summed E-state index contributed by atoms with van der Waals surface area (Å²) in [5.41, 5.74) is 0.877. The van der Waals surface area contributed by atoms with Gasteiger partial charge in [-0.25, -0.2) is 9.18 Å². The second-order valence-corrected chi connectivity index (χ2v) is 9.43. The van der Waals surface area contributed by atoms with E-state index in [-0.39, 0.29) is 11.7 Å². The van der Waals surface area contributed by atoms with Gasteiger partial charge in [0, 0.05) is 31.4 Å². The Labute approximate surface area is 214 Å². The van der Waals surface area contributed by atoms with E-state index in [1.54, 1.807) is 4.90 Å². The Balaban J connectivity index is 1.40. The maximum atomic E-state index is 13.9. The molecule has 1 heterocycles. The maximum absolute atomic E-state index is 13.9. The first-order valence-electron chi connectivity index (χ1n) is 12.5. The zero-order valence-electron chi connectivity index (χ0n) is 20.6. The molecule has 1 saturated heterocycles. The van der Waals surface area contributed by atoms with E-state index < -0.39 is 23.6 Å². The first kappa shape index (κ1) is 26.7. The molecule has 1 aliphatic heterocycles. The maximum Gasteiger partial charge on any atom is 0.416 e. The predicted molar refractivity (Wildman–Crippen MR) is 137 cm³/mol. The molecule has 0 bridgehead atoms. The molecule has 196 valence electrons. The second kappa shape index (κ2) is 12.2. The van der Waals surface area contributed by atoms with E-state index >= 15 is 0 Å². The standard InChI is InChI=1S/C29H31F4N3O/c30-25-18-24(29(31,32)33)19-26(20-25)34-28(37)36(21-23-10-5-2-6-11-23)27-13-16-35(17-14-27)15-7-12-22-8-3-1-4-9-22/h1-6,8-11,18-20,27H,7,12-17,21H2,(H,34,37). The van der Waals surface area contributed by atoms with Gasteiger partial charge in [0.1, 0.15) is 5.82 Å². The van der Waals surface area contributed by atoms with Crippen LogP contribution in [0.25, 0.3) is 0 Å². The minimum Gasteiger partial charge on any atom is -0.317 e. The normalized spacial score (nSPS) is 14.9. The van der Waals surface area contributed by atoms with E-state index in [0.717, 1.165) is 63.0 Å². The zero-order valence-corrected chi connectivity index (χ0v) is 20.6. The monoisotopic (exact) mass is 513 g/mol. The van der Waals surface area contributed by atoms with Crippen molar-refractivity contribution in [1.29, 1.82) is 0 Å². The van der Waals surface area contributed by atoms with Crippen molar-refractivity contribution in [2.75, 3.05) is 25.0 Å². The van der Waals surface area contributed by atoms with E-state index in [4.69, 9.17) is 0 Å². The van der Waals surface area contributed by atoms with Gasteiger partial charge in [-0.2, -0.15) is 13.2 Å². The summed E-state index contributed by atoms with van der Waals surface area (Å²) in [5.74, 6) is -1.05. The van der Waals surface area contributed by atoms with Gasteiger partial charge in [0.05, 0.1) is 5.56 Å².